The molecule has 8 heteroatoms. The average molecular weight is 373 g/mol. The molecular weight excluding hydrogens is 350 g/mol. The number of aryl methyl sites for hydroxylation is 2. The van der Waals surface area contributed by atoms with Gasteiger partial charge in [-0.25, -0.2) is 9.80 Å². The first kappa shape index (κ1) is 19.0. The lowest BCUT2D eigenvalue weighted by Gasteiger charge is -2.34. The fraction of sp³-hybridized carbons (Fsp3) is 0.474. The highest BCUT2D eigenvalue weighted by atomic mass is 16.5. The number of aliphatic carboxylic acids is 1. The number of carboxylic acid groups (broad SMARTS) is 1. The van der Waals surface area contributed by atoms with Crippen LogP contribution in [-0.2, 0) is 19.1 Å². The number of rotatable bonds is 4. The van der Waals surface area contributed by atoms with Crippen molar-refractivity contribution in [3.8, 4) is 0 Å². The first-order valence-corrected chi connectivity index (χ1v) is 8.94. The summed E-state index contributed by atoms with van der Waals surface area (Å²) in [6.07, 6.45) is 0.711. The van der Waals surface area contributed by atoms with Crippen molar-refractivity contribution in [3.05, 3.63) is 29.3 Å². The van der Waals surface area contributed by atoms with Crippen molar-refractivity contribution in [1.82, 2.24) is 5.32 Å². The molecule has 0 spiro atoms. The maximum absolute atomic E-state index is 12.7. The Bertz CT molecular complexity index is 812. The predicted molar refractivity (Wildman–Crippen MR) is 98.6 cm³/mol. The molecule has 27 heavy (non-hydrogen) atoms. The zero-order valence-corrected chi connectivity index (χ0v) is 15.4. The highest BCUT2D eigenvalue weighted by Gasteiger charge is 2.42. The molecule has 3 rings (SSSR count). The molecule has 0 saturated carbocycles. The molecule has 1 fully saturated rings. The van der Waals surface area contributed by atoms with Crippen LogP contribution in [0.2, 0.25) is 0 Å². The molecule has 1 aromatic rings. The molecule has 2 aliphatic heterocycles. The summed E-state index contributed by atoms with van der Waals surface area (Å²) in [7, 11) is 0. The second kappa shape index (κ2) is 7.48. The van der Waals surface area contributed by atoms with Crippen LogP contribution in [-0.4, -0.2) is 47.4 Å². The molecule has 0 atom stereocenters. The maximum atomic E-state index is 12.7. The highest BCUT2D eigenvalue weighted by molar-refractivity contribution is 6.40. The van der Waals surface area contributed by atoms with E-state index in [9.17, 15) is 19.5 Å². The molecule has 0 bridgehead atoms. The van der Waals surface area contributed by atoms with Gasteiger partial charge in [0.25, 0.3) is 5.91 Å². The zero-order valence-electron chi connectivity index (χ0n) is 15.4. The molecule has 8 nitrogen and oxygen atoms in total. The second-order valence-corrected chi connectivity index (χ2v) is 7.00. The molecule has 2 amide bonds. The van der Waals surface area contributed by atoms with Crippen LogP contribution in [0.15, 0.2) is 23.3 Å². The number of carbonyl (C=O) groups excluding carboxylic acids is 2. The Morgan fingerprint density at radius 1 is 1.22 bits per heavy atom. The lowest BCUT2D eigenvalue weighted by molar-refractivity contribution is -0.151. The Morgan fingerprint density at radius 3 is 2.59 bits per heavy atom. The van der Waals surface area contributed by atoms with E-state index in [-0.39, 0.29) is 50.5 Å². The van der Waals surface area contributed by atoms with Gasteiger partial charge in [0.15, 0.2) is 0 Å². The average Bonchev–Trinajstić information content (AvgIpc) is 2.65. The van der Waals surface area contributed by atoms with Crippen LogP contribution < -0.4 is 10.3 Å². The first-order valence-electron chi connectivity index (χ1n) is 8.94. The SMILES string of the molecule is Cc1ccc(C)c(N2N=C(C(=O)NC3(C(=O)O)CCOCC3)CCC2=O)c1. The first-order chi connectivity index (χ1) is 12.8. The molecule has 144 valence electrons. The van der Waals surface area contributed by atoms with E-state index >= 15 is 0 Å². The van der Waals surface area contributed by atoms with Gasteiger partial charge in [0, 0.05) is 38.9 Å². The zero-order chi connectivity index (χ0) is 19.6. The number of hydrazone groups is 1. The predicted octanol–water partition coefficient (Wildman–Crippen LogP) is 1.54. The molecule has 0 radical (unpaired) electrons. The van der Waals surface area contributed by atoms with Gasteiger partial charge in [-0.2, -0.15) is 5.10 Å². The highest BCUT2D eigenvalue weighted by Crippen LogP contribution is 2.26. The summed E-state index contributed by atoms with van der Waals surface area (Å²) < 4.78 is 5.22. The lowest BCUT2D eigenvalue weighted by Crippen LogP contribution is -2.59. The number of anilines is 1. The van der Waals surface area contributed by atoms with Crippen molar-refractivity contribution in [2.24, 2.45) is 5.10 Å². The number of hydrogen-bond acceptors (Lipinski definition) is 5. The summed E-state index contributed by atoms with van der Waals surface area (Å²) >= 11 is 0. The summed E-state index contributed by atoms with van der Waals surface area (Å²) in [5.74, 6) is -1.83. The van der Waals surface area contributed by atoms with E-state index in [4.69, 9.17) is 4.74 Å². The Morgan fingerprint density at radius 2 is 1.93 bits per heavy atom. The smallest absolute Gasteiger partial charge is 0.329 e. The molecule has 0 aromatic heterocycles. The van der Waals surface area contributed by atoms with Crippen molar-refractivity contribution < 1.29 is 24.2 Å². The van der Waals surface area contributed by atoms with Crippen LogP contribution in [0.4, 0.5) is 5.69 Å². The molecule has 2 aliphatic rings. The van der Waals surface area contributed by atoms with Crippen molar-refractivity contribution in [2.45, 2.75) is 45.1 Å². The molecule has 0 aliphatic carbocycles. The second-order valence-electron chi connectivity index (χ2n) is 7.00. The standard InChI is InChI=1S/C19H23N3O5/c1-12-3-4-13(2)15(11-12)22-16(23)6-5-14(21-22)17(24)20-19(18(25)26)7-9-27-10-8-19/h3-4,11H,5-10H2,1-2H3,(H,20,24)(H,25,26). The van der Waals surface area contributed by atoms with Gasteiger partial charge in [0.1, 0.15) is 11.3 Å². The van der Waals surface area contributed by atoms with Crippen LogP contribution in [0, 0.1) is 13.8 Å². The molecule has 2 N–H and O–H groups in total. The minimum absolute atomic E-state index is 0.142. The van der Waals surface area contributed by atoms with Crippen LogP contribution in [0.25, 0.3) is 0 Å². The van der Waals surface area contributed by atoms with E-state index < -0.39 is 17.4 Å². The quantitative estimate of drug-likeness (QED) is 0.832. The molecule has 0 unspecified atom stereocenters. The van der Waals surface area contributed by atoms with Gasteiger partial charge in [0.05, 0.1) is 5.69 Å². The van der Waals surface area contributed by atoms with E-state index in [0.29, 0.717) is 5.69 Å². The third kappa shape index (κ3) is 3.85. The maximum Gasteiger partial charge on any atom is 0.329 e. The normalized spacial score (nSPS) is 19.4. The molecule has 2 heterocycles. The summed E-state index contributed by atoms with van der Waals surface area (Å²) in [4.78, 5) is 36.8. The molecular formula is C19H23N3O5. The summed E-state index contributed by atoms with van der Waals surface area (Å²) in [6, 6.07) is 5.67. The van der Waals surface area contributed by atoms with Crippen molar-refractivity contribution in [2.75, 3.05) is 18.2 Å². The van der Waals surface area contributed by atoms with Crippen LogP contribution in [0.1, 0.15) is 36.8 Å². The Labute approximate surface area is 157 Å². The summed E-state index contributed by atoms with van der Waals surface area (Å²) in [5.41, 5.74) is 1.27. The van der Waals surface area contributed by atoms with Crippen LogP contribution in [0.5, 0.6) is 0 Å². The van der Waals surface area contributed by atoms with E-state index in [1.54, 1.807) is 0 Å². The van der Waals surface area contributed by atoms with Crippen molar-refractivity contribution in [1.29, 1.82) is 0 Å². The van der Waals surface area contributed by atoms with Gasteiger partial charge < -0.3 is 15.2 Å². The molecule has 1 saturated heterocycles. The fourth-order valence-electron chi connectivity index (χ4n) is 3.25. The van der Waals surface area contributed by atoms with Gasteiger partial charge in [-0.05, 0) is 31.0 Å². The number of ether oxygens (including phenoxy) is 1. The Hall–Kier alpha value is -2.74. The van der Waals surface area contributed by atoms with Crippen LogP contribution >= 0.6 is 0 Å². The minimum atomic E-state index is -1.36. The largest absolute Gasteiger partial charge is 0.480 e. The van der Waals surface area contributed by atoms with E-state index in [1.807, 2.05) is 32.0 Å². The van der Waals surface area contributed by atoms with E-state index in [1.165, 1.54) is 5.01 Å². The van der Waals surface area contributed by atoms with Gasteiger partial charge in [-0.15, -0.1) is 0 Å². The van der Waals surface area contributed by atoms with Gasteiger partial charge >= 0.3 is 5.97 Å². The molecule has 1 aromatic carbocycles. The summed E-state index contributed by atoms with van der Waals surface area (Å²) in [5, 5.41) is 17.7. The number of benzene rings is 1. The van der Waals surface area contributed by atoms with Crippen molar-refractivity contribution in [3.63, 3.8) is 0 Å². The lowest BCUT2D eigenvalue weighted by atomic mass is 9.89. The van der Waals surface area contributed by atoms with Gasteiger partial charge in [-0.1, -0.05) is 12.1 Å². The fourth-order valence-corrected chi connectivity index (χ4v) is 3.25. The van der Waals surface area contributed by atoms with Gasteiger partial charge in [-0.3, -0.25) is 9.59 Å². The number of nitrogens with one attached hydrogen (secondary N) is 1. The van der Waals surface area contributed by atoms with E-state index in [0.717, 1.165) is 11.1 Å². The van der Waals surface area contributed by atoms with Crippen molar-refractivity contribution >= 4 is 29.2 Å². The topological polar surface area (TPSA) is 108 Å². The third-order valence-corrected chi connectivity index (χ3v) is 5.00. The number of nitrogens with zero attached hydrogens (tertiary/aromatic N) is 2. The van der Waals surface area contributed by atoms with Gasteiger partial charge in [0.2, 0.25) is 5.91 Å². The number of hydrogen-bond donors (Lipinski definition) is 2. The van der Waals surface area contributed by atoms with Crippen LogP contribution in [0.3, 0.4) is 0 Å². The third-order valence-electron chi connectivity index (χ3n) is 5.00. The Balaban J connectivity index is 1.87. The number of carboxylic acids is 1. The monoisotopic (exact) mass is 373 g/mol. The number of amides is 2. The van der Waals surface area contributed by atoms with E-state index in [2.05, 4.69) is 10.4 Å². The minimum Gasteiger partial charge on any atom is -0.480 e. The number of carbonyl (C=O) groups is 3. The Kier molecular flexibility index (Phi) is 5.27. The summed E-state index contributed by atoms with van der Waals surface area (Å²) in [6.45, 7) is 4.32.